The van der Waals surface area contributed by atoms with Gasteiger partial charge in [-0.1, -0.05) is 6.58 Å². The molecule has 0 aliphatic heterocycles. The van der Waals surface area contributed by atoms with Crippen LogP contribution in [0.1, 0.15) is 0 Å². The maximum atomic E-state index is 9.84. The second-order valence-corrected chi connectivity index (χ2v) is 1.70. The van der Waals surface area contributed by atoms with Crippen LogP contribution in [0.3, 0.4) is 0 Å². The van der Waals surface area contributed by atoms with Crippen LogP contribution in [0.5, 0.6) is 0 Å². The molecule has 0 bridgehead atoms. The van der Waals surface area contributed by atoms with E-state index < -0.39 is 17.9 Å². The van der Waals surface area contributed by atoms with Crippen LogP contribution >= 0.6 is 0 Å². The first-order valence-corrected chi connectivity index (χ1v) is 3.24. The Kier molecular flexibility index (Phi) is 17.3. The van der Waals surface area contributed by atoms with Crippen molar-refractivity contribution in [3.05, 3.63) is 24.8 Å². The molecule has 7 heteroatoms. The van der Waals surface area contributed by atoms with Crippen molar-refractivity contribution < 1.29 is 29.3 Å². The Morgan fingerprint density at radius 3 is 1.53 bits per heavy atom. The van der Waals surface area contributed by atoms with Crippen molar-refractivity contribution in [2.75, 3.05) is 7.11 Å². The second kappa shape index (κ2) is 13.1. The number of methoxy groups -OCH3 is 1. The van der Waals surface area contributed by atoms with Crippen molar-refractivity contribution in [3.63, 3.8) is 0 Å². The van der Waals surface area contributed by atoms with Gasteiger partial charge in [0.25, 0.3) is 0 Å². The summed E-state index contributed by atoms with van der Waals surface area (Å²) in [6.45, 7) is 3.16. The predicted molar refractivity (Wildman–Crippen MR) is 47.1 cm³/mol. The quantitative estimate of drug-likeness (QED) is 0.296. The van der Waals surface area contributed by atoms with E-state index in [2.05, 4.69) is 11.3 Å². The van der Waals surface area contributed by atoms with E-state index in [0.717, 1.165) is 6.08 Å². The normalized spacial score (nSPS) is 7.80. The molecule has 0 heterocycles. The fourth-order valence-corrected chi connectivity index (χ4v) is 0.219. The third-order valence-electron chi connectivity index (χ3n) is 0.723. The maximum Gasteiger partial charge on any atom is 2.00 e. The molecule has 0 rings (SSSR count). The molecule has 0 aliphatic carbocycles. The third kappa shape index (κ3) is 24.6. The first-order chi connectivity index (χ1) is 6.43. The number of hydrogen-bond acceptors (Lipinski definition) is 6. The monoisotopic (exact) mass is 240 g/mol. The Morgan fingerprint density at radius 2 is 1.47 bits per heavy atom. The minimum atomic E-state index is -1.55. The van der Waals surface area contributed by atoms with Crippen LogP contribution < -0.4 is 10.2 Å². The van der Waals surface area contributed by atoms with E-state index >= 15 is 0 Å². The summed E-state index contributed by atoms with van der Waals surface area (Å²) in [5.74, 6) is -3.49. The molecule has 0 saturated carbocycles. The molecule has 0 aromatic carbocycles. The number of hydrogen-bond donors (Lipinski definition) is 0. The van der Waals surface area contributed by atoms with Gasteiger partial charge in [0.05, 0.1) is 19.0 Å². The van der Waals surface area contributed by atoms with E-state index in [9.17, 15) is 24.6 Å². The number of esters is 1. The summed E-state index contributed by atoms with van der Waals surface area (Å²) in [5.41, 5.74) is 0. The zero-order valence-electron chi connectivity index (χ0n) is 8.10. The molecule has 15 heavy (non-hydrogen) atoms. The van der Waals surface area contributed by atoms with Crippen molar-refractivity contribution >= 4 is 55.6 Å². The molecule has 0 N–H and O–H groups in total. The van der Waals surface area contributed by atoms with Gasteiger partial charge in [0, 0.05) is 6.08 Å². The van der Waals surface area contributed by atoms with Gasteiger partial charge in [-0.15, -0.1) is 0 Å². The third-order valence-corrected chi connectivity index (χ3v) is 0.723. The standard InChI is InChI=1S/C4H4O4.C4H6O2.Ca/c5-3(6)1-2-4(7)8;1-3-4(5)6-2;/h1-2H,(H,5,6)(H,7,8);3H,1H2,2H3;/q;;+2/p-2/b2-1-;;. The van der Waals surface area contributed by atoms with E-state index in [1.54, 1.807) is 0 Å². The molecule has 0 unspecified atom stereocenters. The van der Waals surface area contributed by atoms with Crippen molar-refractivity contribution in [1.82, 2.24) is 0 Å². The molecule has 0 amide bonds. The molecular formula is C8H8CaO6. The van der Waals surface area contributed by atoms with Gasteiger partial charge in [-0.05, 0) is 12.2 Å². The summed E-state index contributed by atoms with van der Waals surface area (Å²) in [5, 5.41) is 18.8. The number of carbonyl (C=O) groups excluding carboxylic acids is 3. The Balaban J connectivity index is -0.000000187. The van der Waals surface area contributed by atoms with Gasteiger partial charge in [-0.25, -0.2) is 4.79 Å². The largest absolute Gasteiger partial charge is 2.00 e. The van der Waals surface area contributed by atoms with Crippen molar-refractivity contribution in [3.8, 4) is 0 Å². The number of ether oxygens (including phenoxy) is 1. The van der Waals surface area contributed by atoms with Gasteiger partial charge in [0.2, 0.25) is 0 Å². The Morgan fingerprint density at radius 1 is 1.13 bits per heavy atom. The van der Waals surface area contributed by atoms with Crippen molar-refractivity contribution in [2.45, 2.75) is 0 Å². The first kappa shape index (κ1) is 19.7. The van der Waals surface area contributed by atoms with Crippen molar-refractivity contribution in [2.24, 2.45) is 0 Å². The molecule has 0 spiro atoms. The number of carboxylic acids is 2. The number of carboxylic acid groups (broad SMARTS) is 2. The molecular weight excluding hydrogens is 232 g/mol. The van der Waals surface area contributed by atoms with Gasteiger partial charge in [-0.3, -0.25) is 0 Å². The molecule has 0 atom stereocenters. The zero-order valence-corrected chi connectivity index (χ0v) is 10.3. The van der Waals surface area contributed by atoms with Gasteiger partial charge in [0.1, 0.15) is 0 Å². The summed E-state index contributed by atoms with van der Waals surface area (Å²) >= 11 is 0. The van der Waals surface area contributed by atoms with Crippen LogP contribution in [0.15, 0.2) is 24.8 Å². The Labute approximate surface area is 116 Å². The summed E-state index contributed by atoms with van der Waals surface area (Å²) < 4.78 is 4.14. The average molecular weight is 240 g/mol. The van der Waals surface area contributed by atoms with Crippen LogP contribution in [0.25, 0.3) is 0 Å². The predicted octanol–water partition coefficient (Wildman–Crippen LogP) is -2.99. The van der Waals surface area contributed by atoms with Crippen LogP contribution in [0.2, 0.25) is 0 Å². The fraction of sp³-hybridized carbons (Fsp3) is 0.125. The minimum Gasteiger partial charge on any atom is -0.545 e. The molecule has 0 aromatic heterocycles. The molecule has 0 radical (unpaired) electrons. The maximum absolute atomic E-state index is 9.84. The SMILES string of the molecule is C=CC(=O)OC.O=C([O-])/C=C\C(=O)[O-].[Ca+2]. The van der Waals surface area contributed by atoms with Crippen LogP contribution in [0.4, 0.5) is 0 Å². The van der Waals surface area contributed by atoms with Gasteiger partial charge >= 0.3 is 43.7 Å². The summed E-state index contributed by atoms with van der Waals surface area (Å²) in [4.78, 5) is 28.7. The van der Waals surface area contributed by atoms with Crippen LogP contribution in [-0.2, 0) is 19.1 Å². The van der Waals surface area contributed by atoms with E-state index in [1.807, 2.05) is 0 Å². The van der Waals surface area contributed by atoms with Crippen molar-refractivity contribution in [1.29, 1.82) is 0 Å². The summed E-state index contributed by atoms with van der Waals surface area (Å²) in [6.07, 6.45) is 1.88. The molecule has 0 aliphatic rings. The van der Waals surface area contributed by atoms with E-state index in [1.165, 1.54) is 7.11 Å². The molecule has 0 aromatic rings. The number of aliphatic carboxylic acids is 2. The van der Waals surface area contributed by atoms with E-state index in [4.69, 9.17) is 0 Å². The topological polar surface area (TPSA) is 107 Å². The Hall–Kier alpha value is -0.850. The first-order valence-electron chi connectivity index (χ1n) is 3.24. The zero-order chi connectivity index (χ0) is 11.6. The molecule has 0 fully saturated rings. The smallest absolute Gasteiger partial charge is 0.545 e. The van der Waals surface area contributed by atoms with Gasteiger partial charge in [-0.2, -0.15) is 0 Å². The van der Waals surface area contributed by atoms with E-state index in [0.29, 0.717) is 12.2 Å². The van der Waals surface area contributed by atoms with Gasteiger partial charge < -0.3 is 24.5 Å². The average Bonchev–Trinajstić information content (AvgIpc) is 2.14. The van der Waals surface area contributed by atoms with E-state index in [-0.39, 0.29) is 37.7 Å². The van der Waals surface area contributed by atoms with Gasteiger partial charge in [0.15, 0.2) is 0 Å². The minimum absolute atomic E-state index is 0. The number of rotatable bonds is 3. The summed E-state index contributed by atoms with van der Waals surface area (Å²) in [7, 11) is 1.31. The van der Waals surface area contributed by atoms with Crippen LogP contribution in [-0.4, -0.2) is 62.8 Å². The molecule has 0 saturated heterocycles. The van der Waals surface area contributed by atoms with Crippen LogP contribution in [0, 0.1) is 0 Å². The molecule has 6 nitrogen and oxygen atoms in total. The fourth-order valence-electron chi connectivity index (χ4n) is 0.219. The second-order valence-electron chi connectivity index (χ2n) is 1.70. The Bertz CT molecular complexity index is 242. The number of carbonyl (C=O) groups is 3. The summed E-state index contributed by atoms with van der Waals surface area (Å²) in [6, 6.07) is 0. The molecule has 78 valence electrons.